The smallest absolute Gasteiger partial charge is 0.244 e. The normalized spacial score (nSPS) is 15.8. The van der Waals surface area contributed by atoms with Crippen molar-refractivity contribution in [3.63, 3.8) is 0 Å². The summed E-state index contributed by atoms with van der Waals surface area (Å²) in [7, 11) is 1.66. The van der Waals surface area contributed by atoms with Crippen LogP contribution in [0.1, 0.15) is 16.7 Å². The van der Waals surface area contributed by atoms with Crippen LogP contribution < -0.4 is 10.1 Å². The van der Waals surface area contributed by atoms with E-state index in [2.05, 4.69) is 10.2 Å². The SMILES string of the molecule is COc1cc(C)c(/C=C/C(=O)NCCN2CCOCC2)c(C)c1. The quantitative estimate of drug-likeness (QED) is 0.812. The van der Waals surface area contributed by atoms with Gasteiger partial charge in [-0.3, -0.25) is 9.69 Å². The van der Waals surface area contributed by atoms with E-state index in [1.807, 2.05) is 32.1 Å². The zero-order chi connectivity index (χ0) is 16.7. The molecule has 1 saturated heterocycles. The zero-order valence-corrected chi connectivity index (χ0v) is 14.2. The Kier molecular flexibility index (Phi) is 6.62. The minimum absolute atomic E-state index is 0.0622. The molecule has 0 aliphatic carbocycles. The Hall–Kier alpha value is -1.85. The number of morpholine rings is 1. The van der Waals surface area contributed by atoms with Gasteiger partial charge in [0.2, 0.25) is 5.91 Å². The van der Waals surface area contributed by atoms with E-state index in [1.165, 1.54) is 0 Å². The fraction of sp³-hybridized carbons (Fsp3) is 0.500. The third-order valence-corrected chi connectivity index (χ3v) is 4.04. The van der Waals surface area contributed by atoms with Gasteiger partial charge in [0.15, 0.2) is 0 Å². The summed E-state index contributed by atoms with van der Waals surface area (Å²) in [6.07, 6.45) is 3.47. The molecule has 1 aliphatic heterocycles. The van der Waals surface area contributed by atoms with Crippen LogP contribution in [0.3, 0.4) is 0 Å². The first-order chi connectivity index (χ1) is 11.1. The summed E-state index contributed by atoms with van der Waals surface area (Å²) in [5, 5.41) is 2.93. The molecule has 0 aromatic heterocycles. The summed E-state index contributed by atoms with van der Waals surface area (Å²) in [5.74, 6) is 0.778. The van der Waals surface area contributed by atoms with E-state index >= 15 is 0 Å². The van der Waals surface area contributed by atoms with Crippen LogP contribution in [0.4, 0.5) is 0 Å². The van der Waals surface area contributed by atoms with Crippen LogP contribution in [0.2, 0.25) is 0 Å². The van der Waals surface area contributed by atoms with Gasteiger partial charge in [-0.25, -0.2) is 0 Å². The molecule has 0 unspecified atom stereocenters. The third kappa shape index (κ3) is 5.37. The Morgan fingerprint density at radius 2 is 1.96 bits per heavy atom. The number of nitrogens with zero attached hydrogens (tertiary/aromatic N) is 1. The first kappa shape index (κ1) is 17.5. The molecule has 126 valence electrons. The lowest BCUT2D eigenvalue weighted by atomic mass is 10.0. The van der Waals surface area contributed by atoms with Crippen molar-refractivity contribution in [1.29, 1.82) is 0 Å². The second-order valence-electron chi connectivity index (χ2n) is 5.75. The van der Waals surface area contributed by atoms with Crippen molar-refractivity contribution in [3.05, 3.63) is 34.9 Å². The minimum Gasteiger partial charge on any atom is -0.497 e. The molecule has 0 radical (unpaired) electrons. The van der Waals surface area contributed by atoms with E-state index < -0.39 is 0 Å². The maximum absolute atomic E-state index is 11.9. The van der Waals surface area contributed by atoms with Crippen molar-refractivity contribution in [2.45, 2.75) is 13.8 Å². The van der Waals surface area contributed by atoms with E-state index in [1.54, 1.807) is 13.2 Å². The van der Waals surface area contributed by atoms with Gasteiger partial charge in [0.1, 0.15) is 5.75 Å². The first-order valence-corrected chi connectivity index (χ1v) is 8.01. The molecule has 0 saturated carbocycles. The molecule has 5 heteroatoms. The number of rotatable bonds is 6. The first-order valence-electron chi connectivity index (χ1n) is 8.01. The Bertz CT molecular complexity index is 540. The number of carbonyl (C=O) groups excluding carboxylic acids is 1. The molecule has 1 aromatic rings. The van der Waals surface area contributed by atoms with Gasteiger partial charge in [0, 0.05) is 32.3 Å². The van der Waals surface area contributed by atoms with Gasteiger partial charge >= 0.3 is 0 Å². The van der Waals surface area contributed by atoms with Crippen molar-refractivity contribution in [2.75, 3.05) is 46.5 Å². The Morgan fingerprint density at radius 3 is 2.57 bits per heavy atom. The summed E-state index contributed by atoms with van der Waals surface area (Å²) >= 11 is 0. The summed E-state index contributed by atoms with van der Waals surface area (Å²) in [6, 6.07) is 3.95. The summed E-state index contributed by atoms with van der Waals surface area (Å²) in [5.41, 5.74) is 3.26. The molecule has 23 heavy (non-hydrogen) atoms. The van der Waals surface area contributed by atoms with Gasteiger partial charge in [-0.15, -0.1) is 0 Å². The second-order valence-corrected chi connectivity index (χ2v) is 5.75. The maximum atomic E-state index is 11.9. The number of ether oxygens (including phenoxy) is 2. The van der Waals surface area contributed by atoms with Crippen LogP contribution in [0.15, 0.2) is 18.2 Å². The molecule has 0 atom stereocenters. The molecule has 0 spiro atoms. The lowest BCUT2D eigenvalue weighted by Gasteiger charge is -2.26. The number of hydrogen-bond donors (Lipinski definition) is 1. The fourth-order valence-corrected chi connectivity index (χ4v) is 2.70. The average molecular weight is 318 g/mol. The van der Waals surface area contributed by atoms with Crippen molar-refractivity contribution in [3.8, 4) is 5.75 Å². The average Bonchev–Trinajstić information content (AvgIpc) is 2.54. The fourth-order valence-electron chi connectivity index (χ4n) is 2.70. The second kappa shape index (κ2) is 8.70. The van der Waals surface area contributed by atoms with E-state index in [0.717, 1.165) is 55.3 Å². The number of hydrogen-bond acceptors (Lipinski definition) is 4. The summed E-state index contributed by atoms with van der Waals surface area (Å²) in [4.78, 5) is 14.2. The minimum atomic E-state index is -0.0622. The van der Waals surface area contributed by atoms with Crippen molar-refractivity contribution < 1.29 is 14.3 Å². The molecule has 1 aromatic carbocycles. The molecule has 1 amide bonds. The maximum Gasteiger partial charge on any atom is 0.244 e. The Balaban J connectivity index is 1.83. The van der Waals surface area contributed by atoms with Crippen LogP contribution in [0.5, 0.6) is 5.75 Å². The molecule has 1 aliphatic rings. The highest BCUT2D eigenvalue weighted by Gasteiger charge is 2.09. The van der Waals surface area contributed by atoms with Gasteiger partial charge in [-0.2, -0.15) is 0 Å². The number of amides is 1. The van der Waals surface area contributed by atoms with E-state index in [4.69, 9.17) is 9.47 Å². The molecule has 0 bridgehead atoms. The van der Waals surface area contributed by atoms with Crippen molar-refractivity contribution >= 4 is 12.0 Å². The Labute approximate surface area is 138 Å². The summed E-state index contributed by atoms with van der Waals surface area (Å²) in [6.45, 7) is 9.00. The molecule has 1 fully saturated rings. The van der Waals surface area contributed by atoms with Crippen LogP contribution in [-0.4, -0.2) is 57.3 Å². The van der Waals surface area contributed by atoms with E-state index in [9.17, 15) is 4.79 Å². The largest absolute Gasteiger partial charge is 0.497 e. The van der Waals surface area contributed by atoms with E-state index in [-0.39, 0.29) is 5.91 Å². The highest BCUT2D eigenvalue weighted by atomic mass is 16.5. The van der Waals surface area contributed by atoms with Gasteiger partial charge in [-0.1, -0.05) is 0 Å². The van der Waals surface area contributed by atoms with Crippen LogP contribution >= 0.6 is 0 Å². The monoisotopic (exact) mass is 318 g/mol. The standard InChI is InChI=1S/C18H26N2O3/c1-14-12-16(22-3)13-15(2)17(14)4-5-18(21)19-6-7-20-8-10-23-11-9-20/h4-5,12-13H,6-11H2,1-3H3,(H,19,21)/b5-4+. The van der Waals surface area contributed by atoms with Gasteiger partial charge in [0.25, 0.3) is 0 Å². The predicted molar refractivity (Wildman–Crippen MR) is 91.8 cm³/mol. The highest BCUT2D eigenvalue weighted by molar-refractivity contribution is 5.92. The molecule has 1 heterocycles. The molecule has 1 N–H and O–H groups in total. The molecule has 2 rings (SSSR count). The third-order valence-electron chi connectivity index (χ3n) is 4.04. The van der Waals surface area contributed by atoms with Gasteiger partial charge < -0.3 is 14.8 Å². The number of benzene rings is 1. The van der Waals surface area contributed by atoms with Gasteiger partial charge in [0.05, 0.1) is 20.3 Å². The summed E-state index contributed by atoms with van der Waals surface area (Å²) < 4.78 is 10.6. The lowest BCUT2D eigenvalue weighted by molar-refractivity contribution is -0.116. The van der Waals surface area contributed by atoms with Crippen LogP contribution in [0, 0.1) is 13.8 Å². The molecule has 5 nitrogen and oxygen atoms in total. The zero-order valence-electron chi connectivity index (χ0n) is 14.2. The highest BCUT2D eigenvalue weighted by Crippen LogP contribution is 2.22. The van der Waals surface area contributed by atoms with Gasteiger partial charge in [-0.05, 0) is 48.7 Å². The Morgan fingerprint density at radius 1 is 1.30 bits per heavy atom. The lowest BCUT2D eigenvalue weighted by Crippen LogP contribution is -2.41. The number of aryl methyl sites for hydroxylation is 2. The predicted octanol–water partition coefficient (Wildman–Crippen LogP) is 1.77. The number of carbonyl (C=O) groups is 1. The van der Waals surface area contributed by atoms with Crippen molar-refractivity contribution in [1.82, 2.24) is 10.2 Å². The van der Waals surface area contributed by atoms with Crippen LogP contribution in [0.25, 0.3) is 6.08 Å². The number of methoxy groups -OCH3 is 1. The van der Waals surface area contributed by atoms with Crippen LogP contribution in [-0.2, 0) is 9.53 Å². The van der Waals surface area contributed by atoms with E-state index in [0.29, 0.717) is 6.54 Å². The topological polar surface area (TPSA) is 50.8 Å². The van der Waals surface area contributed by atoms with Crippen molar-refractivity contribution in [2.24, 2.45) is 0 Å². The number of nitrogens with one attached hydrogen (secondary N) is 1. The molecular weight excluding hydrogens is 292 g/mol. The molecular formula is C18H26N2O3.